The number of rotatable bonds is 3. The molecule has 2 nitrogen and oxygen atoms in total. The molecule has 2 fully saturated rings. The Morgan fingerprint density at radius 2 is 1.86 bits per heavy atom. The molecule has 1 aromatic carbocycles. The number of carbonyl (C=O) groups excluding carboxylic acids is 1. The average molecular weight is 283 g/mol. The Bertz CT molecular complexity index is 524. The zero-order valence-electron chi connectivity index (χ0n) is 12.8. The SMILES string of the molecule is C=C1CCC(c2ccccc2CN2CCCCC2=O)CC1. The van der Waals surface area contributed by atoms with Crippen LogP contribution in [-0.2, 0) is 11.3 Å². The smallest absolute Gasteiger partial charge is 0.222 e. The first kappa shape index (κ1) is 14.4. The molecule has 0 unspecified atom stereocenters. The number of carbonyl (C=O) groups is 1. The molecule has 1 aliphatic carbocycles. The molecule has 2 heteroatoms. The van der Waals surface area contributed by atoms with E-state index in [4.69, 9.17) is 0 Å². The molecule has 1 aromatic rings. The van der Waals surface area contributed by atoms with Gasteiger partial charge in [0, 0.05) is 19.5 Å². The van der Waals surface area contributed by atoms with Crippen LogP contribution in [0.25, 0.3) is 0 Å². The second-order valence-electron chi connectivity index (χ2n) is 6.50. The van der Waals surface area contributed by atoms with Gasteiger partial charge in [-0.15, -0.1) is 0 Å². The van der Waals surface area contributed by atoms with Gasteiger partial charge in [0.1, 0.15) is 0 Å². The van der Waals surface area contributed by atoms with Crippen molar-refractivity contribution in [2.45, 2.75) is 57.4 Å². The van der Waals surface area contributed by atoms with Crippen LogP contribution in [-0.4, -0.2) is 17.4 Å². The van der Waals surface area contributed by atoms with Gasteiger partial charge < -0.3 is 4.90 Å². The lowest BCUT2D eigenvalue weighted by Crippen LogP contribution is -2.35. The van der Waals surface area contributed by atoms with Crippen molar-refractivity contribution in [3.8, 4) is 0 Å². The predicted octanol–water partition coefficient (Wildman–Crippen LogP) is 4.41. The van der Waals surface area contributed by atoms with Crippen LogP contribution < -0.4 is 0 Å². The first-order valence-electron chi connectivity index (χ1n) is 8.26. The van der Waals surface area contributed by atoms with Crippen LogP contribution in [0.4, 0.5) is 0 Å². The molecule has 21 heavy (non-hydrogen) atoms. The zero-order chi connectivity index (χ0) is 14.7. The lowest BCUT2D eigenvalue weighted by molar-refractivity contribution is -0.133. The standard InChI is InChI=1S/C19H25NO/c1-15-9-11-16(12-10-15)18-7-3-2-6-17(18)14-20-13-5-4-8-19(20)21/h2-3,6-7,16H,1,4-5,8-14H2. The van der Waals surface area contributed by atoms with Crippen LogP contribution in [0, 0.1) is 0 Å². The number of benzene rings is 1. The first-order chi connectivity index (χ1) is 10.2. The average Bonchev–Trinajstić information content (AvgIpc) is 2.51. The van der Waals surface area contributed by atoms with Crippen molar-refractivity contribution >= 4 is 5.91 Å². The van der Waals surface area contributed by atoms with Crippen LogP contribution in [0.2, 0.25) is 0 Å². The van der Waals surface area contributed by atoms with Crippen LogP contribution in [0.1, 0.15) is 62.0 Å². The minimum absolute atomic E-state index is 0.327. The van der Waals surface area contributed by atoms with Gasteiger partial charge in [-0.25, -0.2) is 0 Å². The Kier molecular flexibility index (Phi) is 4.42. The number of likely N-dealkylation sites (tertiary alicyclic amines) is 1. The molecule has 0 bridgehead atoms. The molecule has 1 saturated carbocycles. The first-order valence-corrected chi connectivity index (χ1v) is 8.26. The monoisotopic (exact) mass is 283 g/mol. The molecule has 3 rings (SSSR count). The number of nitrogens with zero attached hydrogens (tertiary/aromatic N) is 1. The Morgan fingerprint density at radius 1 is 1.10 bits per heavy atom. The van der Waals surface area contributed by atoms with Crippen LogP contribution in [0.15, 0.2) is 36.4 Å². The summed E-state index contributed by atoms with van der Waals surface area (Å²) in [4.78, 5) is 14.1. The number of allylic oxidation sites excluding steroid dienone is 1. The van der Waals surface area contributed by atoms with Gasteiger partial charge in [0.05, 0.1) is 0 Å². The van der Waals surface area contributed by atoms with Crippen LogP contribution >= 0.6 is 0 Å². The maximum absolute atomic E-state index is 12.0. The summed E-state index contributed by atoms with van der Waals surface area (Å²) in [6, 6.07) is 8.72. The summed E-state index contributed by atoms with van der Waals surface area (Å²) in [5.41, 5.74) is 4.21. The third-order valence-corrected chi connectivity index (χ3v) is 4.97. The highest BCUT2D eigenvalue weighted by Crippen LogP contribution is 2.36. The van der Waals surface area contributed by atoms with Crippen molar-refractivity contribution in [2.24, 2.45) is 0 Å². The van der Waals surface area contributed by atoms with Crippen molar-refractivity contribution in [2.75, 3.05) is 6.54 Å². The molecular weight excluding hydrogens is 258 g/mol. The van der Waals surface area contributed by atoms with Gasteiger partial charge >= 0.3 is 0 Å². The van der Waals surface area contributed by atoms with Gasteiger partial charge in [-0.2, -0.15) is 0 Å². The van der Waals surface area contributed by atoms with Crippen molar-refractivity contribution in [1.29, 1.82) is 0 Å². The fourth-order valence-electron chi connectivity index (χ4n) is 3.65. The maximum Gasteiger partial charge on any atom is 0.222 e. The molecule has 0 radical (unpaired) electrons. The van der Waals surface area contributed by atoms with E-state index >= 15 is 0 Å². The molecule has 1 heterocycles. The van der Waals surface area contributed by atoms with Crippen molar-refractivity contribution < 1.29 is 4.79 Å². The van der Waals surface area contributed by atoms with Crippen LogP contribution in [0.5, 0.6) is 0 Å². The normalized spacial score (nSPS) is 20.9. The minimum atomic E-state index is 0.327. The number of piperidine rings is 1. The second-order valence-corrected chi connectivity index (χ2v) is 6.50. The molecule has 112 valence electrons. The molecule has 0 spiro atoms. The molecular formula is C19H25NO. The van der Waals surface area contributed by atoms with E-state index in [0.717, 1.165) is 45.2 Å². The highest BCUT2D eigenvalue weighted by molar-refractivity contribution is 5.76. The fourth-order valence-corrected chi connectivity index (χ4v) is 3.65. The van der Waals surface area contributed by atoms with Gasteiger partial charge in [0.25, 0.3) is 0 Å². The van der Waals surface area contributed by atoms with Crippen molar-refractivity contribution in [3.05, 3.63) is 47.5 Å². The Labute approximate surface area is 127 Å². The summed E-state index contributed by atoms with van der Waals surface area (Å²) in [6.07, 6.45) is 7.67. The minimum Gasteiger partial charge on any atom is -0.338 e. The van der Waals surface area contributed by atoms with Crippen molar-refractivity contribution in [1.82, 2.24) is 4.90 Å². The van der Waals surface area contributed by atoms with Gasteiger partial charge in [0.2, 0.25) is 5.91 Å². The van der Waals surface area contributed by atoms with E-state index in [0.29, 0.717) is 11.8 Å². The third-order valence-electron chi connectivity index (χ3n) is 4.97. The Balaban J connectivity index is 1.76. The molecule has 0 aromatic heterocycles. The molecule has 0 atom stereocenters. The molecule has 1 amide bonds. The molecule has 2 aliphatic rings. The number of hydrogen-bond donors (Lipinski definition) is 0. The van der Waals surface area contributed by atoms with E-state index in [1.165, 1.54) is 29.5 Å². The quantitative estimate of drug-likeness (QED) is 0.752. The van der Waals surface area contributed by atoms with E-state index < -0.39 is 0 Å². The predicted molar refractivity (Wildman–Crippen MR) is 86.1 cm³/mol. The summed E-state index contributed by atoms with van der Waals surface area (Å²) < 4.78 is 0. The van der Waals surface area contributed by atoms with E-state index in [2.05, 4.69) is 30.8 Å². The molecule has 1 aliphatic heterocycles. The van der Waals surface area contributed by atoms with E-state index in [1.807, 2.05) is 4.90 Å². The molecule has 1 saturated heterocycles. The fraction of sp³-hybridized carbons (Fsp3) is 0.526. The summed E-state index contributed by atoms with van der Waals surface area (Å²) in [6.45, 7) is 5.84. The summed E-state index contributed by atoms with van der Waals surface area (Å²) in [5, 5.41) is 0. The second kappa shape index (κ2) is 6.46. The Hall–Kier alpha value is -1.57. The zero-order valence-corrected chi connectivity index (χ0v) is 12.8. The third kappa shape index (κ3) is 3.37. The summed E-state index contributed by atoms with van der Waals surface area (Å²) >= 11 is 0. The maximum atomic E-state index is 12.0. The summed E-state index contributed by atoms with van der Waals surface area (Å²) in [7, 11) is 0. The van der Waals surface area contributed by atoms with Gasteiger partial charge in [-0.05, 0) is 55.6 Å². The van der Waals surface area contributed by atoms with Crippen molar-refractivity contribution in [3.63, 3.8) is 0 Å². The highest BCUT2D eigenvalue weighted by Gasteiger charge is 2.23. The van der Waals surface area contributed by atoms with E-state index in [9.17, 15) is 4.79 Å². The number of hydrogen-bond acceptors (Lipinski definition) is 1. The van der Waals surface area contributed by atoms with E-state index in [-0.39, 0.29) is 0 Å². The summed E-state index contributed by atoms with van der Waals surface area (Å²) in [5.74, 6) is 0.972. The highest BCUT2D eigenvalue weighted by atomic mass is 16.2. The topological polar surface area (TPSA) is 20.3 Å². The Morgan fingerprint density at radius 3 is 2.62 bits per heavy atom. The van der Waals surface area contributed by atoms with Crippen LogP contribution in [0.3, 0.4) is 0 Å². The lowest BCUT2D eigenvalue weighted by Gasteiger charge is -2.30. The van der Waals surface area contributed by atoms with E-state index in [1.54, 1.807) is 0 Å². The van der Waals surface area contributed by atoms with Gasteiger partial charge in [-0.1, -0.05) is 36.4 Å². The number of amides is 1. The largest absolute Gasteiger partial charge is 0.338 e. The van der Waals surface area contributed by atoms with Gasteiger partial charge in [0.15, 0.2) is 0 Å². The molecule has 0 N–H and O–H groups in total. The lowest BCUT2D eigenvalue weighted by atomic mass is 9.80. The van der Waals surface area contributed by atoms with Gasteiger partial charge in [-0.3, -0.25) is 4.79 Å².